The van der Waals surface area contributed by atoms with Gasteiger partial charge in [-0.2, -0.15) is 0 Å². The normalized spacial score (nSPS) is 14.8. The average molecular weight is 190 g/mol. The van der Waals surface area contributed by atoms with Crippen LogP contribution in [-0.2, 0) is 6.54 Å². The van der Waals surface area contributed by atoms with Crippen LogP contribution < -0.4 is 0 Å². The third-order valence-electron chi connectivity index (χ3n) is 1.94. The molecule has 0 radical (unpaired) electrons. The average Bonchev–Trinajstić information content (AvgIpc) is 2.65. The summed E-state index contributed by atoms with van der Waals surface area (Å²) in [6, 6.07) is 0. The van der Waals surface area contributed by atoms with E-state index in [0.717, 1.165) is 23.1 Å². The first-order valence-corrected chi connectivity index (χ1v) is 4.80. The van der Waals surface area contributed by atoms with Crippen molar-refractivity contribution in [3.63, 3.8) is 0 Å². The Labute approximate surface area is 79.1 Å². The Morgan fingerprint density at radius 1 is 1.31 bits per heavy atom. The molecule has 13 heavy (non-hydrogen) atoms. The quantitative estimate of drug-likeness (QED) is 0.589. The van der Waals surface area contributed by atoms with Crippen LogP contribution in [0, 0.1) is 0 Å². The predicted octanol–water partition coefficient (Wildman–Crippen LogP) is 1.40. The van der Waals surface area contributed by atoms with Crippen molar-refractivity contribution >= 4 is 11.8 Å². The highest BCUT2D eigenvalue weighted by Crippen LogP contribution is 2.31. The molecular formula is C8H6N4S. The summed E-state index contributed by atoms with van der Waals surface area (Å²) in [6.45, 7) is 0.873. The van der Waals surface area contributed by atoms with Crippen LogP contribution in [0.4, 0.5) is 0 Å². The van der Waals surface area contributed by atoms with Gasteiger partial charge in [-0.05, 0) is 5.41 Å². The van der Waals surface area contributed by atoms with Gasteiger partial charge in [0.05, 0.1) is 6.33 Å². The maximum absolute atomic E-state index is 4.20. The molecule has 0 unspecified atom stereocenters. The van der Waals surface area contributed by atoms with Crippen molar-refractivity contribution in [1.29, 1.82) is 0 Å². The van der Waals surface area contributed by atoms with E-state index >= 15 is 0 Å². The second-order valence-corrected chi connectivity index (χ2v) is 3.63. The van der Waals surface area contributed by atoms with Crippen LogP contribution in [0.25, 0.3) is 11.5 Å². The van der Waals surface area contributed by atoms with Gasteiger partial charge in [0.15, 0.2) is 5.82 Å². The minimum absolute atomic E-state index is 0.731. The largest absolute Gasteiger partial charge is 0.321 e. The summed E-state index contributed by atoms with van der Waals surface area (Å²) in [6.07, 6.45) is 5.46. The second kappa shape index (κ2) is 2.56. The van der Waals surface area contributed by atoms with E-state index in [1.54, 1.807) is 18.1 Å². The van der Waals surface area contributed by atoms with Crippen LogP contribution in [0.5, 0.6) is 0 Å². The second-order valence-electron chi connectivity index (χ2n) is 2.74. The first kappa shape index (κ1) is 7.08. The zero-order valence-corrected chi connectivity index (χ0v) is 7.53. The van der Waals surface area contributed by atoms with E-state index in [1.807, 2.05) is 6.33 Å². The molecule has 0 aromatic carbocycles. The van der Waals surface area contributed by atoms with Crippen molar-refractivity contribution in [3.05, 3.63) is 24.1 Å². The Hall–Kier alpha value is -1.36. The lowest BCUT2D eigenvalue weighted by molar-refractivity contribution is 0.701. The fourth-order valence-electron chi connectivity index (χ4n) is 1.34. The molecule has 3 aliphatic heterocycles. The standard InChI is InChI=1S/C8H6N4S/c1-2-12-5-11-7-6(9-4-10-7)8(12)13-3-1/h1,3-5H,2H2. The van der Waals surface area contributed by atoms with Gasteiger partial charge in [-0.25, -0.2) is 15.0 Å². The molecule has 5 heteroatoms. The van der Waals surface area contributed by atoms with Crippen molar-refractivity contribution in [3.8, 4) is 11.5 Å². The van der Waals surface area contributed by atoms with Gasteiger partial charge in [-0.1, -0.05) is 17.8 Å². The Morgan fingerprint density at radius 2 is 2.31 bits per heavy atom. The van der Waals surface area contributed by atoms with Crippen LogP contribution in [0.15, 0.2) is 29.2 Å². The molecule has 0 aliphatic carbocycles. The number of hydrogen-bond donors (Lipinski definition) is 0. The van der Waals surface area contributed by atoms with Gasteiger partial charge in [-0.3, -0.25) is 0 Å². The molecule has 3 rings (SSSR count). The minimum Gasteiger partial charge on any atom is -0.321 e. The number of rotatable bonds is 0. The van der Waals surface area contributed by atoms with Crippen molar-refractivity contribution < 1.29 is 0 Å². The summed E-state index contributed by atoms with van der Waals surface area (Å²) in [5.41, 5.74) is 0.900. The molecule has 64 valence electrons. The van der Waals surface area contributed by atoms with Crippen molar-refractivity contribution in [2.24, 2.45) is 0 Å². The molecule has 0 spiro atoms. The van der Waals surface area contributed by atoms with Crippen LogP contribution in [0.2, 0.25) is 0 Å². The van der Waals surface area contributed by atoms with Crippen molar-refractivity contribution in [1.82, 2.24) is 19.5 Å². The third kappa shape index (κ3) is 0.968. The molecule has 3 aliphatic rings. The summed E-state index contributed by atoms with van der Waals surface area (Å²) in [4.78, 5) is 12.4. The smallest absolute Gasteiger partial charge is 0.183 e. The fourth-order valence-corrected chi connectivity index (χ4v) is 2.16. The molecule has 0 saturated heterocycles. The van der Waals surface area contributed by atoms with Crippen LogP contribution in [0.3, 0.4) is 0 Å². The first-order valence-electron chi connectivity index (χ1n) is 3.92. The predicted molar refractivity (Wildman–Crippen MR) is 49.4 cm³/mol. The zero-order chi connectivity index (χ0) is 8.67. The summed E-state index contributed by atoms with van der Waals surface area (Å²) in [5, 5.41) is 3.20. The van der Waals surface area contributed by atoms with Gasteiger partial charge >= 0.3 is 0 Å². The molecule has 0 amide bonds. The van der Waals surface area contributed by atoms with Gasteiger partial charge in [-0.15, -0.1) is 0 Å². The van der Waals surface area contributed by atoms with Gasteiger partial charge in [0.2, 0.25) is 0 Å². The van der Waals surface area contributed by atoms with Crippen LogP contribution in [0.1, 0.15) is 0 Å². The number of fused-ring (bicyclic) bond motifs is 3. The number of thioether (sulfide) groups is 1. The molecule has 4 nitrogen and oxygen atoms in total. The SMILES string of the molecule is C1=CSc2c3ncnc-3ncn2C1. The molecule has 3 heterocycles. The molecular weight excluding hydrogens is 184 g/mol. The minimum atomic E-state index is 0.731. The number of imidazole rings is 1. The van der Waals surface area contributed by atoms with Crippen LogP contribution >= 0.6 is 11.8 Å². The molecule has 0 N–H and O–H groups in total. The molecule has 0 saturated carbocycles. The van der Waals surface area contributed by atoms with E-state index in [-0.39, 0.29) is 0 Å². The van der Waals surface area contributed by atoms with Crippen LogP contribution in [-0.4, -0.2) is 19.5 Å². The highest BCUT2D eigenvalue weighted by atomic mass is 32.2. The summed E-state index contributed by atoms with van der Waals surface area (Å²) >= 11 is 1.66. The van der Waals surface area contributed by atoms with E-state index in [4.69, 9.17) is 0 Å². The third-order valence-corrected chi connectivity index (χ3v) is 2.92. The fraction of sp³-hybridized carbons (Fsp3) is 0.125. The molecule has 0 bridgehead atoms. The first-order chi connectivity index (χ1) is 6.45. The lowest BCUT2D eigenvalue weighted by Gasteiger charge is -2.14. The number of nitrogens with zero attached hydrogens (tertiary/aromatic N) is 4. The van der Waals surface area contributed by atoms with Gasteiger partial charge in [0, 0.05) is 6.54 Å². The monoisotopic (exact) mass is 190 g/mol. The Balaban J connectivity index is 2.31. The van der Waals surface area contributed by atoms with E-state index in [1.165, 1.54) is 0 Å². The Bertz CT molecular complexity index is 448. The summed E-state index contributed by atoms with van der Waals surface area (Å²) in [5.74, 6) is 0.731. The molecule has 0 atom stereocenters. The van der Waals surface area contributed by atoms with Gasteiger partial charge in [0.25, 0.3) is 0 Å². The Kier molecular flexibility index (Phi) is 1.40. The van der Waals surface area contributed by atoms with E-state index < -0.39 is 0 Å². The maximum atomic E-state index is 4.20. The summed E-state index contributed by atoms with van der Waals surface area (Å²) in [7, 11) is 0. The van der Waals surface area contributed by atoms with E-state index in [2.05, 4.69) is 31.0 Å². The van der Waals surface area contributed by atoms with Crippen molar-refractivity contribution in [2.75, 3.05) is 0 Å². The van der Waals surface area contributed by atoms with Gasteiger partial charge < -0.3 is 4.57 Å². The van der Waals surface area contributed by atoms with E-state index in [0.29, 0.717) is 0 Å². The van der Waals surface area contributed by atoms with Gasteiger partial charge in [0.1, 0.15) is 17.0 Å². The number of hydrogen-bond acceptors (Lipinski definition) is 4. The lowest BCUT2D eigenvalue weighted by Crippen LogP contribution is -2.06. The zero-order valence-electron chi connectivity index (χ0n) is 6.71. The number of allylic oxidation sites excluding steroid dienone is 1. The highest BCUT2D eigenvalue weighted by molar-refractivity contribution is 8.02. The lowest BCUT2D eigenvalue weighted by atomic mass is 10.4. The highest BCUT2D eigenvalue weighted by Gasteiger charge is 2.16. The number of aromatic nitrogens is 4. The molecule has 0 aromatic heterocycles. The topological polar surface area (TPSA) is 43.6 Å². The maximum Gasteiger partial charge on any atom is 0.183 e. The summed E-state index contributed by atoms with van der Waals surface area (Å²) < 4.78 is 2.07. The Morgan fingerprint density at radius 3 is 3.31 bits per heavy atom. The van der Waals surface area contributed by atoms with Crippen molar-refractivity contribution in [2.45, 2.75) is 11.6 Å². The molecule has 0 aromatic rings. The molecule has 0 fully saturated rings. The van der Waals surface area contributed by atoms with E-state index in [9.17, 15) is 0 Å².